The first-order valence-corrected chi connectivity index (χ1v) is 8.06. The topological polar surface area (TPSA) is 40.5 Å². The molecule has 4 aromatic rings. The Kier molecular flexibility index (Phi) is 3.77. The quantitative estimate of drug-likeness (QED) is 0.572. The van der Waals surface area contributed by atoms with Crippen molar-refractivity contribution >= 4 is 21.5 Å². The number of fused-ring (bicyclic) bond motifs is 2. The van der Waals surface area contributed by atoms with Gasteiger partial charge in [0.2, 0.25) is 0 Å². The van der Waals surface area contributed by atoms with E-state index in [9.17, 15) is 10.2 Å². The molecule has 0 spiro atoms. The molecule has 0 aliphatic heterocycles. The average Bonchev–Trinajstić information content (AvgIpc) is 2.66. The van der Waals surface area contributed by atoms with E-state index in [0.717, 1.165) is 21.5 Å². The van der Waals surface area contributed by atoms with Crippen LogP contribution in [0, 0.1) is 0 Å². The summed E-state index contributed by atoms with van der Waals surface area (Å²) >= 11 is 0. The lowest BCUT2D eigenvalue weighted by atomic mass is 9.95. The van der Waals surface area contributed by atoms with Crippen LogP contribution in [0.1, 0.15) is 23.3 Å². The van der Waals surface area contributed by atoms with Gasteiger partial charge in [-0.25, -0.2) is 0 Å². The first-order valence-electron chi connectivity index (χ1n) is 8.06. The van der Waals surface area contributed by atoms with Crippen LogP contribution < -0.4 is 0 Å². The van der Waals surface area contributed by atoms with Gasteiger partial charge < -0.3 is 10.2 Å². The molecule has 0 unspecified atom stereocenters. The minimum Gasteiger partial charge on any atom is -0.385 e. The second-order valence-corrected chi connectivity index (χ2v) is 6.10. The van der Waals surface area contributed by atoms with Crippen LogP contribution in [0.4, 0.5) is 0 Å². The van der Waals surface area contributed by atoms with Gasteiger partial charge in [-0.3, -0.25) is 0 Å². The van der Waals surface area contributed by atoms with Gasteiger partial charge in [-0.05, 0) is 44.8 Å². The van der Waals surface area contributed by atoms with Crippen LogP contribution in [0.3, 0.4) is 0 Å². The van der Waals surface area contributed by atoms with E-state index in [1.165, 1.54) is 0 Å². The molecule has 0 aromatic heterocycles. The Balaban J connectivity index is 1.69. The van der Waals surface area contributed by atoms with Crippen LogP contribution in [0.2, 0.25) is 0 Å². The van der Waals surface area contributed by atoms with E-state index >= 15 is 0 Å². The fraction of sp³-hybridized carbons (Fsp3) is 0.0909. The zero-order valence-electron chi connectivity index (χ0n) is 13.1. The maximum absolute atomic E-state index is 10.6. The van der Waals surface area contributed by atoms with Gasteiger partial charge in [0.25, 0.3) is 0 Å². The summed E-state index contributed by atoms with van der Waals surface area (Å²) in [4.78, 5) is 0. The van der Waals surface area contributed by atoms with Crippen molar-refractivity contribution in [3.8, 4) is 0 Å². The normalized spacial score (nSPS) is 13.9. The third kappa shape index (κ3) is 2.67. The number of aliphatic hydroxyl groups is 2. The van der Waals surface area contributed by atoms with Crippen LogP contribution in [0.25, 0.3) is 21.5 Å². The van der Waals surface area contributed by atoms with Gasteiger partial charge in [-0.1, -0.05) is 72.8 Å². The Hall–Kier alpha value is -2.68. The lowest BCUT2D eigenvalue weighted by Crippen LogP contribution is -2.10. The first-order chi connectivity index (χ1) is 11.7. The van der Waals surface area contributed by atoms with E-state index in [1.807, 2.05) is 84.9 Å². The smallest absolute Gasteiger partial charge is 0.109 e. The van der Waals surface area contributed by atoms with Gasteiger partial charge in [-0.2, -0.15) is 0 Å². The maximum Gasteiger partial charge on any atom is 0.109 e. The number of benzene rings is 4. The molecule has 0 fully saturated rings. The third-order valence-electron chi connectivity index (χ3n) is 4.53. The Labute approximate surface area is 140 Å². The van der Waals surface area contributed by atoms with Gasteiger partial charge in [0.05, 0.1) is 0 Å². The van der Waals surface area contributed by atoms with Gasteiger partial charge in [-0.15, -0.1) is 0 Å². The van der Waals surface area contributed by atoms with Crippen LogP contribution in [0.15, 0.2) is 84.9 Å². The molecule has 0 radical (unpaired) electrons. The van der Waals surface area contributed by atoms with E-state index in [1.54, 1.807) is 0 Å². The van der Waals surface area contributed by atoms with Crippen LogP contribution in [0.5, 0.6) is 0 Å². The van der Waals surface area contributed by atoms with Crippen molar-refractivity contribution < 1.29 is 10.2 Å². The molecule has 2 heteroatoms. The van der Waals surface area contributed by atoms with E-state index in [0.29, 0.717) is 11.1 Å². The molecule has 0 heterocycles. The fourth-order valence-corrected chi connectivity index (χ4v) is 3.15. The standard InChI is InChI=1S/C22H18O2/c23-21(19-11-9-15-5-1-3-7-17(15)13-19)22(24)20-12-10-16-6-2-4-8-18(16)14-20/h1-14,21-24H/t21-,22-/m1/s1. The van der Waals surface area contributed by atoms with E-state index in [4.69, 9.17) is 0 Å². The van der Waals surface area contributed by atoms with Crippen LogP contribution in [-0.4, -0.2) is 10.2 Å². The third-order valence-corrected chi connectivity index (χ3v) is 4.53. The van der Waals surface area contributed by atoms with Crippen LogP contribution in [-0.2, 0) is 0 Å². The SMILES string of the molecule is O[C@H](c1ccc2ccccc2c1)[C@H](O)c1ccc2ccccc2c1. The highest BCUT2D eigenvalue weighted by molar-refractivity contribution is 5.84. The van der Waals surface area contributed by atoms with Crippen molar-refractivity contribution in [3.05, 3.63) is 96.1 Å². The summed E-state index contributed by atoms with van der Waals surface area (Å²) in [6, 6.07) is 27.6. The summed E-state index contributed by atoms with van der Waals surface area (Å²) in [6.07, 6.45) is -1.92. The fourth-order valence-electron chi connectivity index (χ4n) is 3.15. The highest BCUT2D eigenvalue weighted by Gasteiger charge is 2.20. The van der Waals surface area contributed by atoms with Gasteiger partial charge in [0.15, 0.2) is 0 Å². The molecule has 4 aromatic carbocycles. The molecule has 118 valence electrons. The van der Waals surface area contributed by atoms with Crippen molar-refractivity contribution in [1.82, 2.24) is 0 Å². The minimum atomic E-state index is -0.962. The van der Waals surface area contributed by atoms with Crippen LogP contribution >= 0.6 is 0 Å². The zero-order chi connectivity index (χ0) is 16.5. The number of hydrogen-bond donors (Lipinski definition) is 2. The van der Waals surface area contributed by atoms with Crippen molar-refractivity contribution in [2.45, 2.75) is 12.2 Å². The lowest BCUT2D eigenvalue weighted by Gasteiger charge is -2.19. The number of rotatable bonds is 3. The highest BCUT2D eigenvalue weighted by atomic mass is 16.3. The van der Waals surface area contributed by atoms with Crippen molar-refractivity contribution in [1.29, 1.82) is 0 Å². The van der Waals surface area contributed by atoms with Gasteiger partial charge >= 0.3 is 0 Å². The maximum atomic E-state index is 10.6. The Bertz CT molecular complexity index is 923. The van der Waals surface area contributed by atoms with Crippen molar-refractivity contribution in [3.63, 3.8) is 0 Å². The predicted octanol–water partition coefficient (Wildman–Crippen LogP) is 4.76. The molecular formula is C22H18O2. The predicted molar refractivity (Wildman–Crippen MR) is 97.8 cm³/mol. The molecule has 2 atom stereocenters. The first kappa shape index (κ1) is 14.9. The molecule has 0 amide bonds. The van der Waals surface area contributed by atoms with Crippen molar-refractivity contribution in [2.75, 3.05) is 0 Å². The average molecular weight is 314 g/mol. The summed E-state index contributed by atoms with van der Waals surface area (Å²) in [6.45, 7) is 0. The monoisotopic (exact) mass is 314 g/mol. The van der Waals surface area contributed by atoms with E-state index in [2.05, 4.69) is 0 Å². The van der Waals surface area contributed by atoms with Gasteiger partial charge in [0.1, 0.15) is 12.2 Å². The lowest BCUT2D eigenvalue weighted by molar-refractivity contribution is 0.0174. The Morgan fingerprint density at radius 3 is 1.25 bits per heavy atom. The molecule has 0 saturated carbocycles. The molecule has 4 rings (SSSR count). The molecule has 2 nitrogen and oxygen atoms in total. The zero-order valence-corrected chi connectivity index (χ0v) is 13.1. The second-order valence-electron chi connectivity index (χ2n) is 6.10. The van der Waals surface area contributed by atoms with E-state index < -0.39 is 12.2 Å². The molecule has 0 saturated heterocycles. The summed E-state index contributed by atoms with van der Waals surface area (Å²) < 4.78 is 0. The molecule has 24 heavy (non-hydrogen) atoms. The Morgan fingerprint density at radius 1 is 0.458 bits per heavy atom. The summed E-state index contributed by atoms with van der Waals surface area (Å²) in [5.41, 5.74) is 1.43. The molecule has 0 bridgehead atoms. The summed E-state index contributed by atoms with van der Waals surface area (Å²) in [7, 11) is 0. The molecule has 2 N–H and O–H groups in total. The largest absolute Gasteiger partial charge is 0.385 e. The molecular weight excluding hydrogens is 296 g/mol. The second kappa shape index (κ2) is 6.08. The number of hydrogen-bond acceptors (Lipinski definition) is 2. The highest BCUT2D eigenvalue weighted by Crippen LogP contribution is 2.31. The molecule has 0 aliphatic rings. The minimum absolute atomic E-state index is 0.717. The van der Waals surface area contributed by atoms with Crippen molar-refractivity contribution in [2.24, 2.45) is 0 Å². The Morgan fingerprint density at radius 2 is 0.833 bits per heavy atom. The van der Waals surface area contributed by atoms with Gasteiger partial charge in [0, 0.05) is 0 Å². The summed E-state index contributed by atoms with van der Waals surface area (Å²) in [5.74, 6) is 0. The van der Waals surface area contributed by atoms with E-state index in [-0.39, 0.29) is 0 Å². The number of aliphatic hydroxyl groups excluding tert-OH is 2. The summed E-state index contributed by atoms with van der Waals surface area (Å²) in [5, 5.41) is 25.6. The molecule has 0 aliphatic carbocycles.